The first-order valence-corrected chi connectivity index (χ1v) is 7.38. The van der Waals surface area contributed by atoms with Crippen molar-refractivity contribution in [2.45, 2.75) is 19.9 Å². The molecule has 0 aromatic heterocycles. The smallest absolute Gasteiger partial charge is 0.239 e. The summed E-state index contributed by atoms with van der Waals surface area (Å²) in [6.07, 6.45) is 0. The average Bonchev–Trinajstić information content (AvgIpc) is 2.40. The van der Waals surface area contributed by atoms with Gasteiger partial charge in [-0.3, -0.25) is 4.79 Å². The molecule has 19 heavy (non-hydrogen) atoms. The molecule has 0 bridgehead atoms. The number of carbonyl (C=O) groups excluding carboxylic acids is 1. The van der Waals surface area contributed by atoms with Gasteiger partial charge in [0.25, 0.3) is 0 Å². The first kappa shape index (κ1) is 16.1. The van der Waals surface area contributed by atoms with Crippen LogP contribution in [0.3, 0.4) is 0 Å². The summed E-state index contributed by atoms with van der Waals surface area (Å²) in [5.74, 6) is -0.355. The van der Waals surface area contributed by atoms with Crippen molar-refractivity contribution in [1.82, 2.24) is 10.2 Å². The van der Waals surface area contributed by atoms with Crippen LogP contribution in [0.15, 0.2) is 28.7 Å². The minimum Gasteiger partial charge on any atom is -0.368 e. The van der Waals surface area contributed by atoms with Gasteiger partial charge in [0.1, 0.15) is 6.04 Å². The largest absolute Gasteiger partial charge is 0.368 e. The fourth-order valence-corrected chi connectivity index (χ4v) is 2.49. The van der Waals surface area contributed by atoms with E-state index < -0.39 is 6.04 Å². The van der Waals surface area contributed by atoms with Gasteiger partial charge in [0, 0.05) is 17.6 Å². The SMILES string of the molecule is CCN(CC)CCNC(C(N)=O)c1ccccc1Br. The van der Waals surface area contributed by atoms with Gasteiger partial charge in [0.05, 0.1) is 0 Å². The number of nitrogens with two attached hydrogens (primary N) is 1. The van der Waals surface area contributed by atoms with E-state index in [0.717, 1.165) is 36.2 Å². The van der Waals surface area contributed by atoms with E-state index in [9.17, 15) is 4.79 Å². The predicted molar refractivity (Wildman–Crippen MR) is 81.9 cm³/mol. The van der Waals surface area contributed by atoms with Crippen LogP contribution >= 0.6 is 15.9 Å². The van der Waals surface area contributed by atoms with E-state index in [-0.39, 0.29) is 5.91 Å². The van der Waals surface area contributed by atoms with E-state index in [1.165, 1.54) is 0 Å². The van der Waals surface area contributed by atoms with Crippen molar-refractivity contribution in [2.24, 2.45) is 5.73 Å². The molecular formula is C14H22BrN3O. The first-order chi connectivity index (χ1) is 9.10. The number of rotatable bonds is 8. The fourth-order valence-electron chi connectivity index (χ4n) is 1.98. The van der Waals surface area contributed by atoms with E-state index in [1.807, 2.05) is 24.3 Å². The van der Waals surface area contributed by atoms with Gasteiger partial charge < -0.3 is 16.0 Å². The number of amides is 1. The van der Waals surface area contributed by atoms with Crippen molar-refractivity contribution >= 4 is 21.8 Å². The van der Waals surface area contributed by atoms with Gasteiger partial charge in [0.2, 0.25) is 5.91 Å². The van der Waals surface area contributed by atoms with E-state index in [2.05, 4.69) is 40.0 Å². The van der Waals surface area contributed by atoms with Crippen LogP contribution < -0.4 is 11.1 Å². The molecule has 0 heterocycles. The third-order valence-corrected chi connectivity index (χ3v) is 3.89. The highest BCUT2D eigenvalue weighted by atomic mass is 79.9. The summed E-state index contributed by atoms with van der Waals surface area (Å²) in [7, 11) is 0. The molecule has 1 aromatic rings. The molecule has 1 amide bonds. The maximum atomic E-state index is 11.6. The molecule has 4 nitrogen and oxygen atoms in total. The second kappa shape index (κ2) is 8.30. The number of benzene rings is 1. The van der Waals surface area contributed by atoms with Gasteiger partial charge >= 0.3 is 0 Å². The van der Waals surface area contributed by atoms with Crippen molar-refractivity contribution in [3.8, 4) is 0 Å². The highest BCUT2D eigenvalue weighted by Crippen LogP contribution is 2.22. The van der Waals surface area contributed by atoms with Crippen LogP contribution in [-0.2, 0) is 4.79 Å². The monoisotopic (exact) mass is 327 g/mol. The Kier molecular flexibility index (Phi) is 7.05. The molecule has 0 fully saturated rings. The molecule has 1 rings (SSSR count). The lowest BCUT2D eigenvalue weighted by molar-refractivity contribution is -0.120. The van der Waals surface area contributed by atoms with Crippen molar-refractivity contribution in [2.75, 3.05) is 26.2 Å². The molecule has 5 heteroatoms. The zero-order chi connectivity index (χ0) is 14.3. The maximum Gasteiger partial charge on any atom is 0.239 e. The van der Waals surface area contributed by atoms with E-state index >= 15 is 0 Å². The summed E-state index contributed by atoms with van der Waals surface area (Å²) < 4.78 is 0.897. The Morgan fingerprint density at radius 3 is 2.53 bits per heavy atom. The molecule has 0 saturated heterocycles. The third-order valence-electron chi connectivity index (χ3n) is 3.17. The van der Waals surface area contributed by atoms with Crippen LogP contribution in [0.25, 0.3) is 0 Å². The molecule has 0 aliphatic rings. The van der Waals surface area contributed by atoms with Crippen LogP contribution in [0.5, 0.6) is 0 Å². The zero-order valence-corrected chi connectivity index (χ0v) is 13.1. The quantitative estimate of drug-likeness (QED) is 0.766. The number of nitrogens with one attached hydrogen (secondary N) is 1. The Bertz CT molecular complexity index is 407. The molecule has 1 aromatic carbocycles. The van der Waals surface area contributed by atoms with Crippen LogP contribution in [-0.4, -0.2) is 37.0 Å². The molecule has 106 valence electrons. The highest BCUT2D eigenvalue weighted by molar-refractivity contribution is 9.10. The Hall–Kier alpha value is -0.910. The number of carbonyl (C=O) groups is 1. The van der Waals surface area contributed by atoms with E-state index in [4.69, 9.17) is 5.73 Å². The van der Waals surface area contributed by atoms with Gasteiger partial charge in [-0.2, -0.15) is 0 Å². The number of halogens is 1. The van der Waals surface area contributed by atoms with Crippen molar-refractivity contribution in [3.05, 3.63) is 34.3 Å². The van der Waals surface area contributed by atoms with Gasteiger partial charge in [0.15, 0.2) is 0 Å². The summed E-state index contributed by atoms with van der Waals surface area (Å²) in [6.45, 7) is 7.91. The molecular weight excluding hydrogens is 306 g/mol. The summed E-state index contributed by atoms with van der Waals surface area (Å²) in [5, 5.41) is 3.23. The lowest BCUT2D eigenvalue weighted by Gasteiger charge is -2.21. The lowest BCUT2D eigenvalue weighted by atomic mass is 10.1. The van der Waals surface area contributed by atoms with Gasteiger partial charge in [-0.05, 0) is 24.7 Å². The molecule has 1 atom stereocenters. The molecule has 0 spiro atoms. The standard InChI is InChI=1S/C14H22BrN3O/c1-3-18(4-2)10-9-17-13(14(16)19)11-7-5-6-8-12(11)15/h5-8,13,17H,3-4,9-10H2,1-2H3,(H2,16,19). The number of hydrogen-bond donors (Lipinski definition) is 2. The Morgan fingerprint density at radius 1 is 1.37 bits per heavy atom. The predicted octanol–water partition coefficient (Wildman–Crippen LogP) is 1.91. The lowest BCUT2D eigenvalue weighted by Crippen LogP contribution is -2.38. The number of primary amides is 1. The second-order valence-electron chi connectivity index (χ2n) is 4.34. The van der Waals surface area contributed by atoms with Crippen LogP contribution in [0.4, 0.5) is 0 Å². The van der Waals surface area contributed by atoms with Crippen LogP contribution in [0.2, 0.25) is 0 Å². The van der Waals surface area contributed by atoms with Crippen LogP contribution in [0, 0.1) is 0 Å². The second-order valence-corrected chi connectivity index (χ2v) is 5.19. The van der Waals surface area contributed by atoms with Crippen molar-refractivity contribution in [1.29, 1.82) is 0 Å². The molecule has 1 unspecified atom stereocenters. The molecule has 0 aliphatic carbocycles. The van der Waals surface area contributed by atoms with E-state index in [1.54, 1.807) is 0 Å². The Labute approximate surface area is 123 Å². The topological polar surface area (TPSA) is 58.4 Å². The molecule has 0 aliphatic heterocycles. The Morgan fingerprint density at radius 2 is 2.00 bits per heavy atom. The summed E-state index contributed by atoms with van der Waals surface area (Å²) in [4.78, 5) is 13.9. The first-order valence-electron chi connectivity index (χ1n) is 6.59. The molecule has 3 N–H and O–H groups in total. The molecule has 0 saturated carbocycles. The summed E-state index contributed by atoms with van der Waals surface area (Å²) >= 11 is 3.46. The zero-order valence-electron chi connectivity index (χ0n) is 11.5. The van der Waals surface area contributed by atoms with Crippen molar-refractivity contribution < 1.29 is 4.79 Å². The minimum absolute atomic E-state index is 0.355. The van der Waals surface area contributed by atoms with Gasteiger partial charge in [-0.25, -0.2) is 0 Å². The number of likely N-dealkylation sites (N-methyl/N-ethyl adjacent to an activating group) is 1. The normalized spacial score (nSPS) is 12.6. The average molecular weight is 328 g/mol. The van der Waals surface area contributed by atoms with Crippen LogP contribution in [0.1, 0.15) is 25.5 Å². The Balaban J connectivity index is 2.65. The van der Waals surface area contributed by atoms with Crippen molar-refractivity contribution in [3.63, 3.8) is 0 Å². The fraction of sp³-hybridized carbons (Fsp3) is 0.500. The summed E-state index contributed by atoms with van der Waals surface area (Å²) in [5.41, 5.74) is 6.37. The van der Waals surface area contributed by atoms with Gasteiger partial charge in [-0.15, -0.1) is 0 Å². The maximum absolute atomic E-state index is 11.6. The summed E-state index contributed by atoms with van der Waals surface area (Å²) in [6, 6.07) is 7.19. The number of nitrogens with zero attached hydrogens (tertiary/aromatic N) is 1. The molecule has 0 radical (unpaired) electrons. The van der Waals surface area contributed by atoms with Gasteiger partial charge in [-0.1, -0.05) is 48.0 Å². The minimum atomic E-state index is -0.453. The van der Waals surface area contributed by atoms with E-state index in [0.29, 0.717) is 0 Å². The highest BCUT2D eigenvalue weighted by Gasteiger charge is 2.19. The third kappa shape index (κ3) is 4.93. The number of hydrogen-bond acceptors (Lipinski definition) is 3.